The first-order chi connectivity index (χ1) is 40.4. The summed E-state index contributed by atoms with van der Waals surface area (Å²) in [5.41, 5.74) is 0. The molecule has 0 saturated carbocycles. The predicted octanol–water partition coefficient (Wildman–Crippen LogP) is 21.9. The SMILES string of the molecule is CC/C=C\C/C=C\C/C=C\C/C=C\C/C=C\CCCCCCCCCC(=O)NC(COP(=O)(O)OCC[N+](C)(C)C)C(/C=C/CCCCCCCCCCC)OC(=O)CCCCCCCCCCCCCCC/C=C\C/C=C\CCCCC. The molecule has 0 aromatic rings. The van der Waals surface area contributed by atoms with Gasteiger partial charge in [0.2, 0.25) is 5.91 Å². The minimum absolute atomic E-state index is 0.0342. The summed E-state index contributed by atoms with van der Waals surface area (Å²) in [5, 5.41) is 3.06. The molecule has 0 bridgehead atoms. The van der Waals surface area contributed by atoms with Gasteiger partial charge in [-0.2, -0.15) is 0 Å². The Balaban J connectivity index is 5.09. The molecule has 0 heterocycles. The van der Waals surface area contributed by atoms with E-state index in [-0.39, 0.29) is 31.5 Å². The zero-order valence-electron chi connectivity index (χ0n) is 54.9. The number of likely N-dealkylation sites (N-methyl/N-ethyl adjacent to an activating group) is 1. The van der Waals surface area contributed by atoms with Crippen molar-refractivity contribution in [2.45, 2.75) is 315 Å². The lowest BCUT2D eigenvalue weighted by atomic mass is 10.0. The van der Waals surface area contributed by atoms with E-state index in [1.165, 1.54) is 161 Å². The van der Waals surface area contributed by atoms with E-state index in [0.29, 0.717) is 17.4 Å². The van der Waals surface area contributed by atoms with Gasteiger partial charge >= 0.3 is 13.8 Å². The highest BCUT2D eigenvalue weighted by molar-refractivity contribution is 7.47. The second-order valence-corrected chi connectivity index (χ2v) is 25.8. The van der Waals surface area contributed by atoms with Gasteiger partial charge in [-0.1, -0.05) is 279 Å². The number of hydrogen-bond donors (Lipinski definition) is 2. The zero-order chi connectivity index (χ0) is 60.7. The summed E-state index contributed by atoms with van der Waals surface area (Å²) in [6.45, 7) is 6.88. The molecule has 0 aliphatic carbocycles. The van der Waals surface area contributed by atoms with Crippen molar-refractivity contribution in [3.05, 3.63) is 97.2 Å². The Morgan fingerprint density at radius 3 is 1.18 bits per heavy atom. The maximum atomic E-state index is 13.6. The molecule has 0 aromatic carbocycles. The van der Waals surface area contributed by atoms with Gasteiger partial charge in [-0.25, -0.2) is 4.57 Å². The normalized spacial score (nSPS) is 14.2. The van der Waals surface area contributed by atoms with Crippen LogP contribution >= 0.6 is 7.82 Å². The number of carbonyl (C=O) groups excluding carboxylic acids is 2. The lowest BCUT2D eigenvalue weighted by molar-refractivity contribution is -0.870. The van der Waals surface area contributed by atoms with Gasteiger partial charge in [-0.15, -0.1) is 0 Å². The van der Waals surface area contributed by atoms with E-state index in [9.17, 15) is 19.0 Å². The third-order valence-electron chi connectivity index (χ3n) is 15.0. The number of esters is 1. The van der Waals surface area contributed by atoms with Crippen LogP contribution in [0.5, 0.6) is 0 Å². The van der Waals surface area contributed by atoms with Crippen molar-refractivity contribution in [2.75, 3.05) is 40.9 Å². The number of hydrogen-bond acceptors (Lipinski definition) is 6. The quantitative estimate of drug-likeness (QED) is 0.0205. The number of nitrogens with one attached hydrogen (secondary N) is 1. The number of amides is 1. The number of phosphoric ester groups is 1. The fourth-order valence-corrected chi connectivity index (χ4v) is 10.4. The Kier molecular flexibility index (Phi) is 59.7. The Morgan fingerprint density at radius 1 is 0.434 bits per heavy atom. The Morgan fingerprint density at radius 2 is 0.771 bits per heavy atom. The molecule has 0 fully saturated rings. The monoisotopic (exact) mass is 1180 g/mol. The molecule has 0 rings (SSSR count). The molecule has 0 spiro atoms. The van der Waals surface area contributed by atoms with Crippen LogP contribution in [0.25, 0.3) is 0 Å². The molecule has 3 atom stereocenters. The lowest BCUT2D eigenvalue weighted by Crippen LogP contribution is -2.47. The predicted molar refractivity (Wildman–Crippen MR) is 360 cm³/mol. The molecule has 9 nitrogen and oxygen atoms in total. The maximum Gasteiger partial charge on any atom is 0.472 e. The van der Waals surface area contributed by atoms with E-state index < -0.39 is 20.0 Å². The highest BCUT2D eigenvalue weighted by Crippen LogP contribution is 2.43. The largest absolute Gasteiger partial charge is 0.472 e. The molecular formula is C73H132N2O7P+. The fraction of sp³-hybridized carbons (Fsp3) is 0.753. The van der Waals surface area contributed by atoms with E-state index in [1.807, 2.05) is 33.3 Å². The summed E-state index contributed by atoms with van der Waals surface area (Å²) in [4.78, 5) is 37.9. The highest BCUT2D eigenvalue weighted by Gasteiger charge is 2.30. The minimum atomic E-state index is -4.46. The van der Waals surface area contributed by atoms with Crippen molar-refractivity contribution in [1.82, 2.24) is 5.32 Å². The van der Waals surface area contributed by atoms with Gasteiger partial charge in [0.15, 0.2) is 0 Å². The summed E-state index contributed by atoms with van der Waals surface area (Å²) in [6.07, 6.45) is 84.1. The van der Waals surface area contributed by atoms with Gasteiger partial charge in [0.1, 0.15) is 19.3 Å². The Bertz CT molecular complexity index is 1740. The fourth-order valence-electron chi connectivity index (χ4n) is 9.70. The topological polar surface area (TPSA) is 111 Å². The number of rotatable bonds is 62. The number of phosphoric acid groups is 1. The molecular weight excluding hydrogens is 1050 g/mol. The van der Waals surface area contributed by atoms with Crippen LogP contribution in [0.1, 0.15) is 303 Å². The number of carbonyl (C=O) groups is 2. The lowest BCUT2D eigenvalue weighted by Gasteiger charge is -2.27. The molecule has 0 aromatic heterocycles. The van der Waals surface area contributed by atoms with E-state index in [0.717, 1.165) is 109 Å². The smallest absolute Gasteiger partial charge is 0.456 e. The Labute approximate surface area is 513 Å². The molecule has 10 heteroatoms. The van der Waals surface area contributed by atoms with Crippen LogP contribution < -0.4 is 5.32 Å². The van der Waals surface area contributed by atoms with Crippen LogP contribution in [-0.4, -0.2) is 74.3 Å². The first-order valence-electron chi connectivity index (χ1n) is 34.6. The van der Waals surface area contributed by atoms with Crippen LogP contribution in [-0.2, 0) is 27.9 Å². The zero-order valence-corrected chi connectivity index (χ0v) is 55.8. The van der Waals surface area contributed by atoms with Gasteiger partial charge in [0.25, 0.3) is 0 Å². The molecule has 0 aliphatic heterocycles. The van der Waals surface area contributed by atoms with Gasteiger partial charge in [-0.05, 0) is 109 Å². The summed E-state index contributed by atoms with van der Waals surface area (Å²) >= 11 is 0. The molecule has 83 heavy (non-hydrogen) atoms. The van der Waals surface area contributed by atoms with Crippen molar-refractivity contribution < 1.29 is 37.3 Å². The summed E-state index contributed by atoms with van der Waals surface area (Å²) in [7, 11) is 1.48. The summed E-state index contributed by atoms with van der Waals surface area (Å²) < 4.78 is 30.8. The molecule has 0 saturated heterocycles. The molecule has 0 aliphatic rings. The average Bonchev–Trinajstić information content (AvgIpc) is 3.51. The Hall–Kier alpha value is -3.07. The molecule has 0 radical (unpaired) electrons. The summed E-state index contributed by atoms with van der Waals surface area (Å²) in [5.74, 6) is -0.516. The average molecular weight is 1180 g/mol. The molecule has 2 N–H and O–H groups in total. The molecule has 3 unspecified atom stereocenters. The highest BCUT2D eigenvalue weighted by atomic mass is 31.2. The third-order valence-corrected chi connectivity index (χ3v) is 16.0. The standard InChI is InChI=1S/C73H131N2O7P/c1-7-10-13-16-19-22-25-27-29-31-33-35-37-39-41-43-45-47-50-53-56-59-62-65-72(76)74-70(69-81-83(78,79)80-68-67-75(4,5)6)71(64-61-58-55-52-49-24-21-18-15-12-9-3)82-73(77)66-63-60-57-54-51-48-46-44-42-40-38-36-34-32-30-28-26-23-20-17-14-11-8-2/h10,13,19-20,22-23,27-30,33,35,39,41,61,64,70-71H,7-9,11-12,14-18,21,24-26,31-32,34,36-38,40,42-60,62-63,65-69H2,1-6H3,(H-,74,76,78,79)/p+1/b13-10-,22-19-,23-20-,29-27-,30-28-,35-33-,41-39-,64-61+. The van der Waals surface area contributed by atoms with E-state index >= 15 is 0 Å². The number of quaternary nitrogens is 1. The number of nitrogens with zero attached hydrogens (tertiary/aromatic N) is 1. The third kappa shape index (κ3) is 63.3. The van der Waals surface area contributed by atoms with Crippen molar-refractivity contribution in [2.24, 2.45) is 0 Å². The molecule has 1 amide bonds. The van der Waals surface area contributed by atoms with Gasteiger partial charge < -0.3 is 19.4 Å². The van der Waals surface area contributed by atoms with E-state index in [4.69, 9.17) is 13.8 Å². The molecule has 480 valence electrons. The van der Waals surface area contributed by atoms with Crippen molar-refractivity contribution in [3.8, 4) is 0 Å². The second kappa shape index (κ2) is 62.0. The van der Waals surface area contributed by atoms with Crippen LogP contribution in [0.2, 0.25) is 0 Å². The van der Waals surface area contributed by atoms with Gasteiger partial charge in [0.05, 0.1) is 33.8 Å². The van der Waals surface area contributed by atoms with E-state index in [2.05, 4.69) is 111 Å². The van der Waals surface area contributed by atoms with Crippen LogP contribution in [0.3, 0.4) is 0 Å². The number of ether oxygens (including phenoxy) is 1. The first kappa shape index (κ1) is 79.9. The van der Waals surface area contributed by atoms with Crippen molar-refractivity contribution in [3.63, 3.8) is 0 Å². The van der Waals surface area contributed by atoms with Crippen molar-refractivity contribution in [1.29, 1.82) is 0 Å². The maximum absolute atomic E-state index is 13.6. The van der Waals surface area contributed by atoms with Crippen LogP contribution in [0.15, 0.2) is 97.2 Å². The summed E-state index contributed by atoms with van der Waals surface area (Å²) in [6, 6.07) is -0.860. The van der Waals surface area contributed by atoms with Gasteiger partial charge in [0, 0.05) is 12.8 Å². The van der Waals surface area contributed by atoms with Crippen molar-refractivity contribution >= 4 is 19.7 Å². The first-order valence-corrected chi connectivity index (χ1v) is 36.1. The van der Waals surface area contributed by atoms with E-state index in [1.54, 1.807) is 0 Å². The van der Waals surface area contributed by atoms with Crippen LogP contribution in [0, 0.1) is 0 Å². The second-order valence-electron chi connectivity index (χ2n) is 24.3. The minimum Gasteiger partial charge on any atom is -0.456 e. The van der Waals surface area contributed by atoms with Gasteiger partial charge in [-0.3, -0.25) is 18.6 Å². The van der Waals surface area contributed by atoms with Crippen LogP contribution in [0.4, 0.5) is 0 Å². The number of unbranched alkanes of at least 4 members (excludes halogenated alkanes) is 32. The number of allylic oxidation sites excluding steroid dienone is 15.